The van der Waals surface area contributed by atoms with Gasteiger partial charge in [-0.25, -0.2) is 0 Å². The molecule has 0 fully saturated rings. The number of hydrogen-bond acceptors (Lipinski definition) is 1. The highest BCUT2D eigenvalue weighted by Gasteiger charge is 2.36. The summed E-state index contributed by atoms with van der Waals surface area (Å²) in [7, 11) is 0. The molecule has 3 aliphatic rings. The fourth-order valence-corrected chi connectivity index (χ4v) is 3.84. The summed E-state index contributed by atoms with van der Waals surface area (Å²) in [5.41, 5.74) is 5.84. The first-order valence-electron chi connectivity index (χ1n) is 7.78. The average Bonchev–Trinajstić information content (AvgIpc) is 2.82. The predicted molar refractivity (Wildman–Crippen MR) is 85.0 cm³/mol. The van der Waals surface area contributed by atoms with Crippen LogP contribution in [-0.4, -0.2) is 6.04 Å². The minimum absolute atomic E-state index is 0.549. The summed E-state index contributed by atoms with van der Waals surface area (Å²) in [6.45, 7) is 2.20. The Labute approximate surface area is 121 Å². The molecule has 0 unspecified atom stereocenters. The zero-order valence-corrected chi connectivity index (χ0v) is 12.0. The van der Waals surface area contributed by atoms with E-state index >= 15 is 0 Å². The maximum atomic E-state index is 2.60. The molecule has 2 aliphatic carbocycles. The van der Waals surface area contributed by atoms with E-state index in [2.05, 4.69) is 60.4 Å². The topological polar surface area (TPSA) is 3.24 Å². The van der Waals surface area contributed by atoms with Crippen molar-refractivity contribution < 1.29 is 0 Å². The molecule has 1 aromatic carbocycles. The van der Waals surface area contributed by atoms with Crippen LogP contribution in [0, 0.1) is 6.92 Å². The third-order valence-corrected chi connectivity index (χ3v) is 4.79. The summed E-state index contributed by atoms with van der Waals surface area (Å²) in [5.74, 6) is 0.574. The first-order chi connectivity index (χ1) is 9.84. The lowest BCUT2D eigenvalue weighted by Gasteiger charge is -2.32. The molecule has 0 aromatic heterocycles. The van der Waals surface area contributed by atoms with Gasteiger partial charge in [0.1, 0.15) is 0 Å². The number of hydrogen-bond donors (Lipinski definition) is 0. The van der Waals surface area contributed by atoms with E-state index in [0.29, 0.717) is 12.0 Å². The minimum Gasteiger partial charge on any atom is -0.337 e. The fourth-order valence-electron chi connectivity index (χ4n) is 3.84. The van der Waals surface area contributed by atoms with Crippen LogP contribution in [0.4, 0.5) is 5.69 Å². The maximum Gasteiger partial charge on any atom is 0.0519 e. The molecule has 0 saturated carbocycles. The van der Waals surface area contributed by atoms with E-state index in [1.165, 1.54) is 41.8 Å². The highest BCUT2D eigenvalue weighted by molar-refractivity contribution is 5.71. The highest BCUT2D eigenvalue weighted by Crippen LogP contribution is 2.49. The van der Waals surface area contributed by atoms with E-state index in [-0.39, 0.29) is 0 Å². The van der Waals surface area contributed by atoms with Crippen LogP contribution in [0.1, 0.15) is 42.7 Å². The lowest BCUT2D eigenvalue weighted by molar-refractivity contribution is 0.611. The van der Waals surface area contributed by atoms with Gasteiger partial charge in [0, 0.05) is 17.3 Å². The molecule has 20 heavy (non-hydrogen) atoms. The fraction of sp³-hybridized carbons (Fsp3) is 0.368. The van der Waals surface area contributed by atoms with Crippen LogP contribution in [0.25, 0.3) is 0 Å². The molecule has 2 atom stereocenters. The smallest absolute Gasteiger partial charge is 0.0519 e. The zero-order chi connectivity index (χ0) is 13.5. The number of fused-ring (bicyclic) bond motifs is 3. The van der Waals surface area contributed by atoms with Crippen LogP contribution in [0.2, 0.25) is 0 Å². The molecule has 0 spiro atoms. The number of anilines is 1. The van der Waals surface area contributed by atoms with Crippen molar-refractivity contribution in [2.75, 3.05) is 4.90 Å². The molecule has 0 amide bonds. The Morgan fingerprint density at radius 2 is 2.15 bits per heavy atom. The van der Waals surface area contributed by atoms with Crippen LogP contribution in [-0.2, 0) is 0 Å². The van der Waals surface area contributed by atoms with Crippen molar-refractivity contribution in [2.45, 2.75) is 44.6 Å². The molecular weight excluding hydrogens is 242 g/mol. The van der Waals surface area contributed by atoms with E-state index in [1.54, 1.807) is 0 Å². The van der Waals surface area contributed by atoms with Crippen molar-refractivity contribution in [1.29, 1.82) is 0 Å². The van der Waals surface area contributed by atoms with Crippen molar-refractivity contribution >= 4 is 5.69 Å². The molecular formula is C19H21N. The molecule has 0 saturated heterocycles. The van der Waals surface area contributed by atoms with E-state index in [4.69, 9.17) is 0 Å². The van der Waals surface area contributed by atoms with Crippen molar-refractivity contribution in [3.05, 3.63) is 65.4 Å². The Bertz CT molecular complexity index is 621. The van der Waals surface area contributed by atoms with Gasteiger partial charge in [-0.15, -0.1) is 0 Å². The Hall–Kier alpha value is -1.76. The quantitative estimate of drug-likeness (QED) is 0.655. The van der Waals surface area contributed by atoms with Gasteiger partial charge in [-0.05, 0) is 50.3 Å². The molecule has 0 bridgehead atoms. The van der Waals surface area contributed by atoms with Crippen LogP contribution < -0.4 is 4.90 Å². The Balaban J connectivity index is 1.84. The largest absolute Gasteiger partial charge is 0.337 e. The summed E-state index contributed by atoms with van der Waals surface area (Å²) >= 11 is 0. The van der Waals surface area contributed by atoms with Crippen molar-refractivity contribution in [3.63, 3.8) is 0 Å². The van der Waals surface area contributed by atoms with Gasteiger partial charge < -0.3 is 4.90 Å². The standard InChI is InChI=1S/C19H21N/c1-14-11-12-19-17(13-14)16-9-5-6-10-18(16)20(19)15-7-3-2-4-8-15/h3,5-7,10-13,15-16H,2,4,8-9H2,1H3/t15-,16+/m0/s1. The van der Waals surface area contributed by atoms with E-state index in [0.717, 1.165) is 6.42 Å². The number of benzene rings is 1. The predicted octanol–water partition coefficient (Wildman–Crippen LogP) is 4.85. The second kappa shape index (κ2) is 4.66. The third-order valence-electron chi connectivity index (χ3n) is 4.79. The van der Waals surface area contributed by atoms with Gasteiger partial charge in [-0.3, -0.25) is 0 Å². The molecule has 1 aliphatic heterocycles. The average molecular weight is 263 g/mol. The Morgan fingerprint density at radius 3 is 3.00 bits per heavy atom. The SMILES string of the molecule is Cc1ccc2c(c1)[C@H]1CC=CC=C1N2[C@H]1C=CCCC1. The summed E-state index contributed by atoms with van der Waals surface area (Å²) in [6, 6.07) is 7.52. The molecule has 0 radical (unpaired) electrons. The van der Waals surface area contributed by atoms with Crippen LogP contribution >= 0.6 is 0 Å². The van der Waals surface area contributed by atoms with Gasteiger partial charge in [-0.2, -0.15) is 0 Å². The second-order valence-electron chi connectivity index (χ2n) is 6.17. The first-order valence-corrected chi connectivity index (χ1v) is 7.78. The van der Waals surface area contributed by atoms with Crippen LogP contribution in [0.5, 0.6) is 0 Å². The number of allylic oxidation sites excluding steroid dienone is 5. The summed E-state index contributed by atoms with van der Waals surface area (Å²) < 4.78 is 0. The molecule has 1 heterocycles. The van der Waals surface area contributed by atoms with Gasteiger partial charge >= 0.3 is 0 Å². The molecule has 4 rings (SSSR count). The number of aryl methyl sites for hydroxylation is 1. The van der Waals surface area contributed by atoms with Gasteiger partial charge in [0.25, 0.3) is 0 Å². The van der Waals surface area contributed by atoms with Gasteiger partial charge in [0.05, 0.1) is 6.04 Å². The number of rotatable bonds is 1. The summed E-state index contributed by atoms with van der Waals surface area (Å²) in [6.07, 6.45) is 16.6. The first kappa shape index (κ1) is 12.0. The summed E-state index contributed by atoms with van der Waals surface area (Å²) in [4.78, 5) is 2.60. The maximum absolute atomic E-state index is 2.60. The summed E-state index contributed by atoms with van der Waals surface area (Å²) in [5, 5.41) is 0. The highest BCUT2D eigenvalue weighted by atomic mass is 15.2. The van der Waals surface area contributed by atoms with E-state index in [1.807, 2.05) is 0 Å². The molecule has 1 nitrogen and oxygen atoms in total. The van der Waals surface area contributed by atoms with E-state index < -0.39 is 0 Å². The van der Waals surface area contributed by atoms with Crippen molar-refractivity contribution in [2.24, 2.45) is 0 Å². The van der Waals surface area contributed by atoms with Crippen molar-refractivity contribution in [1.82, 2.24) is 0 Å². The Morgan fingerprint density at radius 1 is 1.20 bits per heavy atom. The van der Waals surface area contributed by atoms with Gasteiger partial charge in [-0.1, -0.05) is 42.0 Å². The Kier molecular flexibility index (Phi) is 2.80. The minimum atomic E-state index is 0.549. The lowest BCUT2D eigenvalue weighted by atomic mass is 9.91. The molecule has 0 N–H and O–H groups in total. The second-order valence-corrected chi connectivity index (χ2v) is 6.17. The van der Waals surface area contributed by atoms with Gasteiger partial charge in [0.2, 0.25) is 0 Å². The zero-order valence-electron chi connectivity index (χ0n) is 12.0. The number of nitrogens with zero attached hydrogens (tertiary/aromatic N) is 1. The van der Waals surface area contributed by atoms with Crippen LogP contribution in [0.15, 0.2) is 54.3 Å². The normalized spacial score (nSPS) is 27.2. The molecule has 1 heteroatoms. The van der Waals surface area contributed by atoms with E-state index in [9.17, 15) is 0 Å². The monoisotopic (exact) mass is 263 g/mol. The lowest BCUT2D eigenvalue weighted by Crippen LogP contribution is -2.32. The molecule has 102 valence electrons. The van der Waals surface area contributed by atoms with Crippen molar-refractivity contribution in [3.8, 4) is 0 Å². The third kappa shape index (κ3) is 1.76. The van der Waals surface area contributed by atoms with Gasteiger partial charge in [0.15, 0.2) is 0 Å². The molecule has 1 aromatic rings. The van der Waals surface area contributed by atoms with Crippen LogP contribution in [0.3, 0.4) is 0 Å².